The number of aryl methyl sites for hydroxylation is 2. The molecule has 6 heteroatoms. The first-order chi connectivity index (χ1) is 13.9. The fourth-order valence-corrected chi connectivity index (χ4v) is 4.07. The Morgan fingerprint density at radius 1 is 1.00 bits per heavy atom. The van der Waals surface area contributed by atoms with Crippen molar-refractivity contribution >= 4 is 46.5 Å². The van der Waals surface area contributed by atoms with Crippen LogP contribution in [-0.2, 0) is 9.59 Å². The Hall–Kier alpha value is -2.89. The third-order valence-corrected chi connectivity index (χ3v) is 5.75. The van der Waals surface area contributed by atoms with Crippen LogP contribution < -0.4 is 10.6 Å². The van der Waals surface area contributed by atoms with Crippen LogP contribution in [0.15, 0.2) is 60.7 Å². The van der Waals surface area contributed by atoms with E-state index in [-0.39, 0.29) is 18.4 Å². The Bertz CT molecular complexity index is 1050. The molecule has 148 valence electrons. The third-order valence-electron chi connectivity index (χ3n) is 4.33. The van der Waals surface area contributed by atoms with Crippen molar-refractivity contribution in [3.05, 3.63) is 81.7 Å². The summed E-state index contributed by atoms with van der Waals surface area (Å²) < 4.78 is 0. The monoisotopic (exact) mass is 424 g/mol. The van der Waals surface area contributed by atoms with Gasteiger partial charge in [0.25, 0.3) is 0 Å². The van der Waals surface area contributed by atoms with Crippen LogP contribution in [0.2, 0.25) is 5.02 Å². The fourth-order valence-electron chi connectivity index (χ4n) is 2.83. The molecule has 0 aliphatic carbocycles. The molecule has 2 N–H and O–H groups in total. The van der Waals surface area contributed by atoms with Crippen molar-refractivity contribution in [2.75, 3.05) is 11.9 Å². The number of amides is 2. The maximum Gasteiger partial charge on any atom is 0.244 e. The first-order valence-electron chi connectivity index (χ1n) is 9.11. The van der Waals surface area contributed by atoms with E-state index in [4.69, 9.17) is 11.6 Å². The zero-order valence-corrected chi connectivity index (χ0v) is 17.7. The van der Waals surface area contributed by atoms with Gasteiger partial charge < -0.3 is 10.6 Å². The van der Waals surface area contributed by atoms with Gasteiger partial charge in [0, 0.05) is 32.1 Å². The summed E-state index contributed by atoms with van der Waals surface area (Å²) in [5.74, 6) is -0.587. The van der Waals surface area contributed by atoms with Crippen molar-refractivity contribution in [2.45, 2.75) is 13.8 Å². The van der Waals surface area contributed by atoms with E-state index < -0.39 is 0 Å². The highest BCUT2D eigenvalue weighted by Gasteiger charge is 2.08. The zero-order valence-electron chi connectivity index (χ0n) is 16.2. The lowest BCUT2D eigenvalue weighted by Gasteiger charge is -2.11. The molecule has 0 saturated heterocycles. The van der Waals surface area contributed by atoms with Crippen molar-refractivity contribution in [2.24, 2.45) is 0 Å². The van der Waals surface area contributed by atoms with Crippen LogP contribution in [-0.4, -0.2) is 18.4 Å². The van der Waals surface area contributed by atoms with Gasteiger partial charge in [-0.2, -0.15) is 0 Å². The molecule has 0 unspecified atom stereocenters. The summed E-state index contributed by atoms with van der Waals surface area (Å²) in [5, 5.41) is 6.14. The van der Waals surface area contributed by atoms with Crippen molar-refractivity contribution in [1.82, 2.24) is 5.32 Å². The minimum absolute atomic E-state index is 0.0910. The number of carbonyl (C=O) groups excluding carboxylic acids is 2. The number of nitrogens with one attached hydrogen (secondary N) is 2. The van der Waals surface area contributed by atoms with Gasteiger partial charge in [0.15, 0.2) is 0 Å². The van der Waals surface area contributed by atoms with Gasteiger partial charge in [0.2, 0.25) is 11.8 Å². The lowest BCUT2D eigenvalue weighted by molar-refractivity contribution is -0.121. The van der Waals surface area contributed by atoms with Crippen LogP contribution in [0, 0.1) is 13.8 Å². The molecule has 0 aliphatic rings. The Balaban J connectivity index is 1.54. The van der Waals surface area contributed by atoms with Crippen LogP contribution in [0.1, 0.15) is 16.0 Å². The standard InChI is InChI=1S/C23H21ClN2O2S/c1-15-6-5-7-16(2)23(15)26-22(28)14-25-21(27)13-11-17-10-12-20(29-17)18-8-3-4-9-19(18)24/h3-13H,14H2,1-2H3,(H,25,27)(H,26,28)/b13-11+. The summed E-state index contributed by atoms with van der Waals surface area (Å²) in [4.78, 5) is 26.1. The van der Waals surface area contributed by atoms with Crippen LogP contribution in [0.25, 0.3) is 16.5 Å². The van der Waals surface area contributed by atoms with E-state index in [0.29, 0.717) is 5.02 Å². The molecule has 0 aliphatic heterocycles. The predicted octanol–water partition coefficient (Wildman–Crippen LogP) is 5.45. The molecule has 2 aromatic carbocycles. The van der Waals surface area contributed by atoms with Crippen molar-refractivity contribution in [1.29, 1.82) is 0 Å². The van der Waals surface area contributed by atoms with Gasteiger partial charge in [0.1, 0.15) is 0 Å². The summed E-state index contributed by atoms with van der Waals surface area (Å²) >= 11 is 7.77. The minimum atomic E-state index is -0.325. The van der Waals surface area contributed by atoms with E-state index in [9.17, 15) is 9.59 Å². The van der Waals surface area contributed by atoms with Gasteiger partial charge in [0.05, 0.1) is 6.54 Å². The summed E-state index contributed by atoms with van der Waals surface area (Å²) in [6.07, 6.45) is 3.15. The Morgan fingerprint density at radius 2 is 1.72 bits per heavy atom. The highest BCUT2D eigenvalue weighted by molar-refractivity contribution is 7.16. The molecule has 3 aromatic rings. The Labute approximate surface area is 179 Å². The molecule has 0 bridgehead atoms. The SMILES string of the molecule is Cc1cccc(C)c1NC(=O)CNC(=O)/C=C/c1ccc(-c2ccccc2Cl)s1. The molecule has 1 aromatic heterocycles. The number of carbonyl (C=O) groups is 2. The lowest BCUT2D eigenvalue weighted by atomic mass is 10.1. The smallest absolute Gasteiger partial charge is 0.244 e. The Kier molecular flexibility index (Phi) is 6.86. The van der Waals surface area contributed by atoms with Gasteiger partial charge in [-0.25, -0.2) is 0 Å². The van der Waals surface area contributed by atoms with Crippen molar-refractivity contribution in [3.8, 4) is 10.4 Å². The maximum atomic E-state index is 12.1. The van der Waals surface area contributed by atoms with E-state index in [1.807, 2.05) is 68.4 Å². The number of halogens is 1. The second kappa shape index (κ2) is 9.54. The van der Waals surface area contributed by atoms with E-state index >= 15 is 0 Å². The van der Waals surface area contributed by atoms with Gasteiger partial charge in [-0.05, 0) is 49.2 Å². The van der Waals surface area contributed by atoms with E-state index in [1.165, 1.54) is 6.08 Å². The normalized spacial score (nSPS) is 10.9. The highest BCUT2D eigenvalue weighted by atomic mass is 35.5. The lowest BCUT2D eigenvalue weighted by Crippen LogP contribution is -2.32. The molecule has 4 nitrogen and oxygen atoms in total. The minimum Gasteiger partial charge on any atom is -0.343 e. The van der Waals surface area contributed by atoms with Crippen molar-refractivity contribution < 1.29 is 9.59 Å². The molecule has 0 fully saturated rings. The quantitative estimate of drug-likeness (QED) is 0.516. The molecule has 0 saturated carbocycles. The van der Waals surface area contributed by atoms with Crippen LogP contribution in [0.4, 0.5) is 5.69 Å². The molecule has 1 heterocycles. The van der Waals surface area contributed by atoms with E-state index in [2.05, 4.69) is 10.6 Å². The molecule has 0 spiro atoms. The number of benzene rings is 2. The molecule has 0 radical (unpaired) electrons. The zero-order chi connectivity index (χ0) is 20.8. The van der Waals surface area contributed by atoms with E-state index in [1.54, 1.807) is 17.4 Å². The van der Waals surface area contributed by atoms with E-state index in [0.717, 1.165) is 32.1 Å². The largest absolute Gasteiger partial charge is 0.343 e. The summed E-state index contributed by atoms with van der Waals surface area (Å²) in [6.45, 7) is 3.77. The van der Waals surface area contributed by atoms with Crippen LogP contribution in [0.3, 0.4) is 0 Å². The molecular formula is C23H21ClN2O2S. The molecular weight excluding hydrogens is 404 g/mol. The summed E-state index contributed by atoms with van der Waals surface area (Å²) in [7, 11) is 0. The summed E-state index contributed by atoms with van der Waals surface area (Å²) in [6, 6.07) is 17.3. The first-order valence-corrected chi connectivity index (χ1v) is 10.3. The fraction of sp³-hybridized carbons (Fsp3) is 0.130. The molecule has 2 amide bonds. The number of thiophene rings is 1. The van der Waals surface area contributed by atoms with Crippen LogP contribution >= 0.6 is 22.9 Å². The molecule has 29 heavy (non-hydrogen) atoms. The topological polar surface area (TPSA) is 58.2 Å². The molecule has 3 rings (SSSR count). The number of hydrogen-bond acceptors (Lipinski definition) is 3. The first kappa shape index (κ1) is 20.8. The van der Waals surface area contributed by atoms with Gasteiger partial charge in [-0.15, -0.1) is 11.3 Å². The average Bonchev–Trinajstić information content (AvgIpc) is 3.17. The Morgan fingerprint density at radius 3 is 2.45 bits per heavy atom. The number of hydrogen-bond donors (Lipinski definition) is 2. The number of rotatable bonds is 6. The van der Waals surface area contributed by atoms with Gasteiger partial charge >= 0.3 is 0 Å². The second-order valence-corrected chi connectivity index (χ2v) is 8.07. The second-order valence-electron chi connectivity index (χ2n) is 6.55. The molecule has 0 atom stereocenters. The van der Waals surface area contributed by atoms with Crippen LogP contribution in [0.5, 0.6) is 0 Å². The highest BCUT2D eigenvalue weighted by Crippen LogP contribution is 2.33. The maximum absolute atomic E-state index is 12.1. The predicted molar refractivity (Wildman–Crippen MR) is 121 cm³/mol. The third kappa shape index (κ3) is 5.56. The number of anilines is 1. The summed E-state index contributed by atoms with van der Waals surface area (Å²) in [5.41, 5.74) is 3.72. The van der Waals surface area contributed by atoms with Gasteiger partial charge in [-0.1, -0.05) is 48.0 Å². The number of para-hydroxylation sites is 1. The average molecular weight is 425 g/mol. The van der Waals surface area contributed by atoms with Gasteiger partial charge in [-0.3, -0.25) is 9.59 Å². The van der Waals surface area contributed by atoms with Crippen molar-refractivity contribution in [3.63, 3.8) is 0 Å².